The second-order valence-electron chi connectivity index (χ2n) is 7.84. The first-order valence-electron chi connectivity index (χ1n) is 10.5. The molecule has 1 N–H and O–H groups in total. The molecule has 4 rings (SSSR count). The Morgan fingerprint density at radius 2 is 1.97 bits per heavy atom. The Morgan fingerprint density at radius 1 is 1.16 bits per heavy atom. The molecule has 2 aromatic heterocycles. The summed E-state index contributed by atoms with van der Waals surface area (Å²) in [6.07, 6.45) is 1.81. The fourth-order valence-corrected chi connectivity index (χ4v) is 4.70. The van der Waals surface area contributed by atoms with Gasteiger partial charge in [-0.2, -0.15) is 0 Å². The second kappa shape index (κ2) is 9.48. The van der Waals surface area contributed by atoms with Crippen LogP contribution in [0.5, 0.6) is 5.75 Å². The first kappa shape index (κ1) is 22.6. The maximum Gasteiger partial charge on any atom is 0.174 e. The van der Waals surface area contributed by atoms with E-state index >= 15 is 0 Å². The molecule has 0 amide bonds. The van der Waals surface area contributed by atoms with Crippen molar-refractivity contribution in [3.05, 3.63) is 76.3 Å². The molecule has 1 aliphatic rings. The van der Waals surface area contributed by atoms with Gasteiger partial charge in [0.05, 0.1) is 29.4 Å². The largest absolute Gasteiger partial charge is 0.490 e. The van der Waals surface area contributed by atoms with E-state index in [4.69, 9.17) is 33.3 Å². The van der Waals surface area contributed by atoms with Crippen molar-refractivity contribution in [2.75, 3.05) is 25.2 Å². The molecule has 0 radical (unpaired) electrons. The zero-order valence-corrected chi connectivity index (χ0v) is 20.2. The van der Waals surface area contributed by atoms with Crippen LogP contribution in [0.2, 0.25) is 5.02 Å². The van der Waals surface area contributed by atoms with Crippen LogP contribution in [0.3, 0.4) is 0 Å². The number of rotatable bonds is 7. The van der Waals surface area contributed by atoms with Gasteiger partial charge in [0.15, 0.2) is 5.11 Å². The van der Waals surface area contributed by atoms with Crippen molar-refractivity contribution in [2.24, 2.45) is 7.05 Å². The van der Waals surface area contributed by atoms with Gasteiger partial charge in [0.2, 0.25) is 0 Å². The predicted octanol–water partition coefficient (Wildman–Crippen LogP) is 4.89. The summed E-state index contributed by atoms with van der Waals surface area (Å²) < 4.78 is 13.0. The van der Waals surface area contributed by atoms with Crippen LogP contribution in [0.25, 0.3) is 0 Å². The fourth-order valence-electron chi connectivity index (χ4n) is 4.12. The number of hydrogen-bond acceptors (Lipinski definition) is 4. The molecule has 1 saturated heterocycles. The number of methoxy groups -OCH3 is 1. The minimum absolute atomic E-state index is 0.0753. The monoisotopic (exact) mass is 470 g/mol. The maximum absolute atomic E-state index is 6.57. The van der Waals surface area contributed by atoms with Crippen LogP contribution in [-0.4, -0.2) is 35.0 Å². The molecule has 0 unspecified atom stereocenters. The number of aromatic nitrogens is 2. The zero-order valence-electron chi connectivity index (χ0n) is 18.6. The highest BCUT2D eigenvalue weighted by molar-refractivity contribution is 7.80. The summed E-state index contributed by atoms with van der Waals surface area (Å²) in [5, 5.41) is 4.66. The summed E-state index contributed by atoms with van der Waals surface area (Å²) in [4.78, 5) is 6.74. The number of hydrogen-bond donors (Lipinski definition) is 1. The van der Waals surface area contributed by atoms with Crippen molar-refractivity contribution in [1.82, 2.24) is 14.9 Å². The summed E-state index contributed by atoms with van der Waals surface area (Å²) in [5.41, 5.74) is 5.42. The SMILES string of the molecule is COCCOc1ccc(N2C(=S)N[C@H](c3ccccn3)[C@H]2c2cc(C)n(C)c2C)cc1Cl. The Labute approximate surface area is 199 Å². The van der Waals surface area contributed by atoms with Gasteiger partial charge in [-0.1, -0.05) is 17.7 Å². The van der Waals surface area contributed by atoms with Crippen LogP contribution in [0.4, 0.5) is 5.69 Å². The summed E-state index contributed by atoms with van der Waals surface area (Å²) in [6.45, 7) is 5.18. The summed E-state index contributed by atoms with van der Waals surface area (Å²) >= 11 is 12.4. The molecule has 1 aromatic carbocycles. The number of nitrogens with zero attached hydrogens (tertiary/aromatic N) is 3. The van der Waals surface area contributed by atoms with Gasteiger partial charge in [-0.3, -0.25) is 4.98 Å². The number of anilines is 1. The highest BCUT2D eigenvalue weighted by Crippen LogP contribution is 2.44. The van der Waals surface area contributed by atoms with Gasteiger partial charge in [-0.25, -0.2) is 0 Å². The molecule has 0 bridgehead atoms. The molecule has 1 aliphatic heterocycles. The standard InChI is InChI=1S/C24H27ClN4O2S/c1-15-13-18(16(2)28(15)3)23-22(20-7-5-6-10-26-20)27-24(32)29(23)17-8-9-21(19(25)14-17)31-12-11-30-4/h5-10,13-14,22-23H,11-12H2,1-4H3,(H,27,32)/t22-,23-/m1/s1. The van der Waals surface area contributed by atoms with Gasteiger partial charge in [0, 0.05) is 37.4 Å². The third kappa shape index (κ3) is 4.20. The Balaban J connectivity index is 1.76. The van der Waals surface area contributed by atoms with Gasteiger partial charge in [-0.15, -0.1) is 0 Å². The highest BCUT2D eigenvalue weighted by Gasteiger charge is 2.42. The van der Waals surface area contributed by atoms with Crippen LogP contribution in [0, 0.1) is 13.8 Å². The molecule has 32 heavy (non-hydrogen) atoms. The first-order valence-corrected chi connectivity index (χ1v) is 11.3. The summed E-state index contributed by atoms with van der Waals surface area (Å²) in [6, 6.07) is 13.8. The van der Waals surface area contributed by atoms with Gasteiger partial charge >= 0.3 is 0 Å². The Kier molecular flexibility index (Phi) is 6.69. The minimum atomic E-state index is -0.0967. The third-order valence-corrected chi connectivity index (χ3v) is 6.58. The molecule has 6 nitrogen and oxygen atoms in total. The van der Waals surface area contributed by atoms with Gasteiger partial charge in [-0.05, 0) is 68.0 Å². The normalized spacial score (nSPS) is 18.2. The van der Waals surface area contributed by atoms with Crippen molar-refractivity contribution < 1.29 is 9.47 Å². The van der Waals surface area contributed by atoms with Crippen LogP contribution >= 0.6 is 23.8 Å². The van der Waals surface area contributed by atoms with E-state index in [1.54, 1.807) is 7.11 Å². The van der Waals surface area contributed by atoms with Crippen molar-refractivity contribution in [3.8, 4) is 5.75 Å². The highest BCUT2D eigenvalue weighted by atomic mass is 35.5. The molecule has 168 valence electrons. The lowest BCUT2D eigenvalue weighted by Gasteiger charge is -2.28. The fraction of sp³-hybridized carbons (Fsp3) is 0.333. The number of aryl methyl sites for hydroxylation is 1. The molecule has 8 heteroatoms. The first-order chi connectivity index (χ1) is 15.4. The van der Waals surface area contributed by atoms with Gasteiger partial charge in [0.1, 0.15) is 12.4 Å². The number of benzene rings is 1. The van der Waals surface area contributed by atoms with Gasteiger partial charge in [0.25, 0.3) is 0 Å². The van der Waals surface area contributed by atoms with Crippen molar-refractivity contribution in [2.45, 2.75) is 25.9 Å². The van der Waals surface area contributed by atoms with Crippen molar-refractivity contribution >= 4 is 34.6 Å². The molecule has 0 spiro atoms. The zero-order chi connectivity index (χ0) is 22.8. The van der Waals surface area contributed by atoms with E-state index in [9.17, 15) is 0 Å². The van der Waals surface area contributed by atoms with E-state index in [0.717, 1.165) is 11.4 Å². The second-order valence-corrected chi connectivity index (χ2v) is 8.63. The van der Waals surface area contributed by atoms with Crippen LogP contribution in [-0.2, 0) is 11.8 Å². The Bertz CT molecular complexity index is 1120. The molecule has 0 saturated carbocycles. The predicted molar refractivity (Wildman–Crippen MR) is 132 cm³/mol. The van der Waals surface area contributed by atoms with Crippen molar-refractivity contribution in [3.63, 3.8) is 0 Å². The average molecular weight is 471 g/mol. The van der Waals surface area contributed by atoms with Crippen LogP contribution in [0.15, 0.2) is 48.7 Å². The molecule has 0 aliphatic carbocycles. The lowest BCUT2D eigenvalue weighted by atomic mass is 9.96. The van der Waals surface area contributed by atoms with E-state index in [0.29, 0.717) is 29.1 Å². The lowest BCUT2D eigenvalue weighted by molar-refractivity contribution is 0.146. The summed E-state index contributed by atoms with van der Waals surface area (Å²) in [7, 11) is 3.72. The Morgan fingerprint density at radius 3 is 2.59 bits per heavy atom. The molecular formula is C24H27ClN4O2S. The number of pyridine rings is 1. The molecular weight excluding hydrogens is 444 g/mol. The number of nitrogens with one attached hydrogen (secondary N) is 1. The van der Waals surface area contributed by atoms with E-state index < -0.39 is 0 Å². The third-order valence-electron chi connectivity index (χ3n) is 5.97. The van der Waals surface area contributed by atoms with Gasteiger partial charge < -0.3 is 24.3 Å². The summed E-state index contributed by atoms with van der Waals surface area (Å²) in [5.74, 6) is 0.620. The van der Waals surface area contributed by atoms with Crippen LogP contribution in [0.1, 0.15) is 34.7 Å². The lowest BCUT2D eigenvalue weighted by Crippen LogP contribution is -2.29. The molecule has 1 fully saturated rings. The number of halogens is 1. The van der Waals surface area contributed by atoms with E-state index in [2.05, 4.69) is 46.7 Å². The van der Waals surface area contributed by atoms with E-state index in [1.165, 1.54) is 17.0 Å². The quantitative estimate of drug-likeness (QED) is 0.392. The topological polar surface area (TPSA) is 51.6 Å². The Hall–Kier alpha value is -2.61. The molecule has 3 aromatic rings. The average Bonchev–Trinajstić information content (AvgIpc) is 3.26. The number of thiocarbonyl (C=S) groups is 1. The smallest absolute Gasteiger partial charge is 0.174 e. The minimum Gasteiger partial charge on any atom is -0.490 e. The molecule has 3 heterocycles. The van der Waals surface area contributed by atoms with E-state index in [1.807, 2.05) is 42.6 Å². The molecule has 2 atom stereocenters. The maximum atomic E-state index is 6.57. The van der Waals surface area contributed by atoms with Crippen molar-refractivity contribution in [1.29, 1.82) is 0 Å². The van der Waals surface area contributed by atoms with Crippen LogP contribution < -0.4 is 15.0 Å². The van der Waals surface area contributed by atoms with E-state index in [-0.39, 0.29) is 12.1 Å². The number of ether oxygens (including phenoxy) is 2.